The van der Waals surface area contributed by atoms with Gasteiger partial charge in [0.15, 0.2) is 6.04 Å². The Balaban J connectivity index is 2.27. The third-order valence-electron chi connectivity index (χ3n) is 2.74. The maximum atomic E-state index is 12.2. The number of esters is 1. The summed E-state index contributed by atoms with van der Waals surface area (Å²) in [5, 5.41) is 3.18. The fraction of sp³-hybridized carbons (Fsp3) is 0.200. The Labute approximate surface area is 140 Å². The number of pyridine rings is 1. The van der Waals surface area contributed by atoms with Crippen molar-refractivity contribution in [2.24, 2.45) is 0 Å². The Bertz CT molecular complexity index is 617. The van der Waals surface area contributed by atoms with Gasteiger partial charge in [-0.25, -0.2) is 4.79 Å². The lowest BCUT2D eigenvalue weighted by atomic mass is 10.1. The van der Waals surface area contributed by atoms with Crippen LogP contribution >= 0.6 is 31.9 Å². The molecule has 6 heteroatoms. The van der Waals surface area contributed by atoms with E-state index in [1.54, 1.807) is 19.3 Å². The van der Waals surface area contributed by atoms with Crippen LogP contribution in [-0.4, -0.2) is 17.6 Å². The van der Waals surface area contributed by atoms with Crippen LogP contribution in [0.25, 0.3) is 0 Å². The highest BCUT2D eigenvalue weighted by Gasteiger charge is 2.22. The topological polar surface area (TPSA) is 51.2 Å². The first-order valence-corrected chi connectivity index (χ1v) is 7.98. The quantitative estimate of drug-likeness (QED) is 0.741. The molecule has 0 bridgehead atoms. The van der Waals surface area contributed by atoms with Gasteiger partial charge >= 0.3 is 5.97 Å². The Morgan fingerprint density at radius 2 is 1.95 bits per heavy atom. The zero-order valence-electron chi connectivity index (χ0n) is 11.3. The van der Waals surface area contributed by atoms with Crippen molar-refractivity contribution in [3.63, 3.8) is 0 Å². The zero-order chi connectivity index (χ0) is 15.2. The average Bonchev–Trinajstić information content (AvgIpc) is 2.47. The van der Waals surface area contributed by atoms with Crippen molar-refractivity contribution in [2.45, 2.75) is 13.0 Å². The molecule has 1 aromatic carbocycles. The number of hydrogen-bond acceptors (Lipinski definition) is 4. The first kappa shape index (κ1) is 16.0. The van der Waals surface area contributed by atoms with Crippen LogP contribution in [0.3, 0.4) is 0 Å². The second-order valence-electron chi connectivity index (χ2n) is 4.27. The molecule has 0 radical (unpaired) electrons. The number of rotatable bonds is 5. The normalized spacial score (nSPS) is 11.8. The van der Waals surface area contributed by atoms with Crippen molar-refractivity contribution >= 4 is 43.5 Å². The number of ether oxygens (including phenoxy) is 1. The van der Waals surface area contributed by atoms with Crippen LogP contribution in [0.15, 0.2) is 51.7 Å². The highest BCUT2D eigenvalue weighted by Crippen LogP contribution is 2.24. The molecule has 0 aliphatic heterocycles. The molecule has 0 spiro atoms. The number of carbonyl (C=O) groups excluding carboxylic acids is 1. The molecular weight excluding hydrogens is 400 g/mol. The number of nitrogens with one attached hydrogen (secondary N) is 1. The highest BCUT2D eigenvalue weighted by molar-refractivity contribution is 9.10. The number of benzene rings is 1. The van der Waals surface area contributed by atoms with Crippen molar-refractivity contribution in [2.75, 3.05) is 11.9 Å². The van der Waals surface area contributed by atoms with Gasteiger partial charge in [-0.2, -0.15) is 0 Å². The minimum Gasteiger partial charge on any atom is -0.464 e. The number of anilines is 1. The van der Waals surface area contributed by atoms with Crippen molar-refractivity contribution in [1.29, 1.82) is 0 Å². The van der Waals surface area contributed by atoms with E-state index in [9.17, 15) is 4.79 Å². The highest BCUT2D eigenvalue weighted by atomic mass is 79.9. The van der Waals surface area contributed by atoms with E-state index < -0.39 is 6.04 Å². The molecule has 0 aliphatic carbocycles. The van der Waals surface area contributed by atoms with Gasteiger partial charge in [0, 0.05) is 32.6 Å². The van der Waals surface area contributed by atoms with Crippen LogP contribution in [0.4, 0.5) is 5.69 Å². The Morgan fingerprint density at radius 3 is 2.57 bits per heavy atom. The average molecular weight is 414 g/mol. The Morgan fingerprint density at radius 1 is 1.24 bits per heavy atom. The van der Waals surface area contributed by atoms with E-state index in [2.05, 4.69) is 42.2 Å². The number of hydrogen-bond donors (Lipinski definition) is 1. The van der Waals surface area contributed by atoms with E-state index in [0.717, 1.165) is 20.2 Å². The number of aromatic nitrogens is 1. The predicted molar refractivity (Wildman–Crippen MR) is 89.1 cm³/mol. The van der Waals surface area contributed by atoms with Crippen LogP contribution in [0.5, 0.6) is 0 Å². The summed E-state index contributed by atoms with van der Waals surface area (Å²) < 4.78 is 6.93. The standard InChI is InChI=1S/C15H14Br2N2O2/c1-2-21-15(20)14(10-7-12(17)9-18-8-10)19-13-5-3-11(16)4-6-13/h3-9,14,19H,2H2,1H3. The third-order valence-corrected chi connectivity index (χ3v) is 3.70. The predicted octanol–water partition coefficient (Wildman–Crippen LogP) is 4.32. The van der Waals surface area contributed by atoms with E-state index >= 15 is 0 Å². The largest absolute Gasteiger partial charge is 0.464 e. The second kappa shape index (κ2) is 7.56. The second-order valence-corrected chi connectivity index (χ2v) is 6.10. The van der Waals surface area contributed by atoms with Gasteiger partial charge in [-0.05, 0) is 53.2 Å². The molecule has 0 saturated carbocycles. The van der Waals surface area contributed by atoms with Gasteiger partial charge in [0.25, 0.3) is 0 Å². The van der Waals surface area contributed by atoms with Gasteiger partial charge in [0.2, 0.25) is 0 Å². The molecule has 1 heterocycles. The summed E-state index contributed by atoms with van der Waals surface area (Å²) >= 11 is 6.75. The minimum absolute atomic E-state index is 0.332. The summed E-state index contributed by atoms with van der Waals surface area (Å²) in [7, 11) is 0. The van der Waals surface area contributed by atoms with Crippen LogP contribution in [-0.2, 0) is 9.53 Å². The molecule has 1 unspecified atom stereocenters. The molecule has 0 saturated heterocycles. The van der Waals surface area contributed by atoms with Gasteiger partial charge in [-0.3, -0.25) is 4.98 Å². The summed E-state index contributed by atoms with van der Waals surface area (Å²) in [6.45, 7) is 2.12. The van der Waals surface area contributed by atoms with Gasteiger partial charge in [0.05, 0.1) is 6.61 Å². The minimum atomic E-state index is -0.601. The van der Waals surface area contributed by atoms with E-state index in [1.165, 1.54) is 0 Å². The third kappa shape index (κ3) is 4.54. The molecule has 1 atom stereocenters. The van der Waals surface area contributed by atoms with Crippen molar-refractivity contribution in [1.82, 2.24) is 4.98 Å². The maximum Gasteiger partial charge on any atom is 0.333 e. The van der Waals surface area contributed by atoms with E-state index in [4.69, 9.17) is 4.74 Å². The number of halogens is 2. The lowest BCUT2D eigenvalue weighted by Crippen LogP contribution is -2.23. The Kier molecular flexibility index (Phi) is 5.76. The van der Waals surface area contributed by atoms with Crippen LogP contribution < -0.4 is 5.32 Å². The van der Waals surface area contributed by atoms with E-state index in [-0.39, 0.29) is 5.97 Å². The summed E-state index contributed by atoms with van der Waals surface area (Å²) in [5.74, 6) is -0.333. The summed E-state index contributed by atoms with van der Waals surface area (Å²) in [6, 6.07) is 8.84. The molecule has 21 heavy (non-hydrogen) atoms. The number of carbonyl (C=O) groups is 1. The first-order chi connectivity index (χ1) is 10.1. The summed E-state index contributed by atoms with van der Waals surface area (Å²) in [5.41, 5.74) is 1.57. The molecule has 0 fully saturated rings. The summed E-state index contributed by atoms with van der Waals surface area (Å²) in [4.78, 5) is 16.3. The fourth-order valence-electron chi connectivity index (χ4n) is 1.80. The Hall–Kier alpha value is -1.40. The molecule has 4 nitrogen and oxygen atoms in total. The molecular formula is C15H14Br2N2O2. The lowest BCUT2D eigenvalue weighted by Gasteiger charge is -2.18. The molecule has 0 aliphatic rings. The number of nitrogens with zero attached hydrogens (tertiary/aromatic N) is 1. The van der Waals surface area contributed by atoms with Crippen LogP contribution in [0.1, 0.15) is 18.5 Å². The maximum absolute atomic E-state index is 12.2. The monoisotopic (exact) mass is 412 g/mol. The van der Waals surface area contributed by atoms with Gasteiger partial charge < -0.3 is 10.1 Å². The van der Waals surface area contributed by atoms with Crippen molar-refractivity contribution < 1.29 is 9.53 Å². The molecule has 1 N–H and O–H groups in total. The SMILES string of the molecule is CCOC(=O)C(Nc1ccc(Br)cc1)c1cncc(Br)c1. The molecule has 0 amide bonds. The lowest BCUT2D eigenvalue weighted by molar-refractivity contribution is -0.144. The van der Waals surface area contributed by atoms with Crippen molar-refractivity contribution in [3.8, 4) is 0 Å². The van der Waals surface area contributed by atoms with Gasteiger partial charge in [-0.1, -0.05) is 15.9 Å². The van der Waals surface area contributed by atoms with Crippen molar-refractivity contribution in [3.05, 3.63) is 57.2 Å². The van der Waals surface area contributed by atoms with Crippen LogP contribution in [0.2, 0.25) is 0 Å². The van der Waals surface area contributed by atoms with Gasteiger partial charge in [0.1, 0.15) is 0 Å². The molecule has 2 aromatic rings. The molecule has 110 valence electrons. The zero-order valence-corrected chi connectivity index (χ0v) is 14.5. The fourth-order valence-corrected chi connectivity index (χ4v) is 2.45. The van der Waals surface area contributed by atoms with Gasteiger partial charge in [-0.15, -0.1) is 0 Å². The van der Waals surface area contributed by atoms with E-state index in [1.807, 2.05) is 30.3 Å². The van der Waals surface area contributed by atoms with E-state index in [0.29, 0.717) is 6.61 Å². The first-order valence-electron chi connectivity index (χ1n) is 6.39. The molecule has 2 rings (SSSR count). The smallest absolute Gasteiger partial charge is 0.333 e. The van der Waals surface area contributed by atoms with Crippen LogP contribution in [0, 0.1) is 0 Å². The summed E-state index contributed by atoms with van der Waals surface area (Å²) in [6.07, 6.45) is 3.32. The molecule has 1 aromatic heterocycles.